The molecule has 15 heavy (non-hydrogen) atoms. The van der Waals surface area contributed by atoms with Crippen molar-refractivity contribution in [3.8, 4) is 0 Å². The van der Waals surface area contributed by atoms with Gasteiger partial charge in [0, 0.05) is 24.4 Å². The molecule has 0 atom stereocenters. The minimum Gasteiger partial charge on any atom is -0.393 e. The Kier molecular flexibility index (Phi) is 3.06. The maximum Gasteiger partial charge on any atom is 0.119 e. The zero-order valence-corrected chi connectivity index (χ0v) is 9.59. The van der Waals surface area contributed by atoms with E-state index in [4.69, 9.17) is 10.5 Å². The van der Waals surface area contributed by atoms with E-state index in [1.54, 1.807) is 18.4 Å². The van der Waals surface area contributed by atoms with Crippen LogP contribution in [0.5, 0.6) is 0 Å². The average Bonchev–Trinajstić information content (AvgIpc) is 2.62. The van der Waals surface area contributed by atoms with Gasteiger partial charge in [-0.25, -0.2) is 4.98 Å². The summed E-state index contributed by atoms with van der Waals surface area (Å²) in [5.41, 5.74) is 6.71. The summed E-state index contributed by atoms with van der Waals surface area (Å²) in [7, 11) is 1.66. The summed E-state index contributed by atoms with van der Waals surface area (Å²) in [4.78, 5) is 4.50. The first kappa shape index (κ1) is 11.0. The van der Waals surface area contributed by atoms with E-state index in [0.717, 1.165) is 23.5 Å². The number of ether oxygens (including phenoxy) is 1. The number of hydrogen-bond donors (Lipinski definition) is 2. The van der Waals surface area contributed by atoms with Crippen LogP contribution in [0, 0.1) is 0 Å². The highest BCUT2D eigenvalue weighted by Gasteiger charge is 2.45. The van der Waals surface area contributed by atoms with Crippen LogP contribution in [0.2, 0.25) is 0 Å². The van der Waals surface area contributed by atoms with Crippen LogP contribution in [0.25, 0.3) is 0 Å². The Morgan fingerprint density at radius 3 is 3.00 bits per heavy atom. The Morgan fingerprint density at radius 2 is 2.47 bits per heavy atom. The second kappa shape index (κ2) is 4.17. The van der Waals surface area contributed by atoms with E-state index in [1.165, 1.54) is 0 Å². The predicted molar refractivity (Wildman–Crippen MR) is 58.8 cm³/mol. The van der Waals surface area contributed by atoms with Crippen LogP contribution in [0.3, 0.4) is 0 Å². The summed E-state index contributed by atoms with van der Waals surface area (Å²) in [5.74, 6) is 0. The standard InChI is InChI=1S/C10H16N2O2S/c1-14-4-9-12-8(5-15-9)10(6-11)2-7(13)3-10/h5,7,13H,2-4,6,11H2,1H3. The van der Waals surface area contributed by atoms with Crippen LogP contribution in [-0.4, -0.2) is 29.8 Å². The van der Waals surface area contributed by atoms with Gasteiger partial charge in [0.25, 0.3) is 0 Å². The lowest BCUT2D eigenvalue weighted by Crippen LogP contribution is -2.50. The summed E-state index contributed by atoms with van der Waals surface area (Å²) >= 11 is 1.59. The summed E-state index contributed by atoms with van der Waals surface area (Å²) in [6.07, 6.45) is 1.26. The van der Waals surface area contributed by atoms with Gasteiger partial charge in [-0.3, -0.25) is 0 Å². The van der Waals surface area contributed by atoms with Crippen molar-refractivity contribution in [1.82, 2.24) is 4.98 Å². The molecule has 0 aromatic carbocycles. The molecule has 0 unspecified atom stereocenters. The molecule has 1 aromatic rings. The molecule has 0 bridgehead atoms. The minimum atomic E-state index is -0.207. The highest BCUT2D eigenvalue weighted by atomic mass is 32.1. The third kappa shape index (κ3) is 1.92. The lowest BCUT2D eigenvalue weighted by Gasteiger charge is -2.43. The molecule has 84 valence electrons. The first-order valence-corrected chi connectivity index (χ1v) is 5.90. The molecular weight excluding hydrogens is 212 g/mol. The van der Waals surface area contributed by atoms with Crippen LogP contribution in [0.1, 0.15) is 23.5 Å². The number of aliphatic hydroxyl groups is 1. The van der Waals surface area contributed by atoms with Gasteiger partial charge in [0.15, 0.2) is 0 Å². The Hall–Kier alpha value is -0.490. The molecule has 1 aromatic heterocycles. The molecule has 5 heteroatoms. The smallest absolute Gasteiger partial charge is 0.119 e. The highest BCUT2D eigenvalue weighted by Crippen LogP contribution is 2.43. The van der Waals surface area contributed by atoms with Crippen LogP contribution < -0.4 is 5.73 Å². The van der Waals surface area contributed by atoms with Crippen molar-refractivity contribution in [3.63, 3.8) is 0 Å². The number of nitrogens with zero attached hydrogens (tertiary/aromatic N) is 1. The van der Waals surface area contributed by atoms with E-state index < -0.39 is 0 Å². The normalized spacial score (nSPS) is 30.2. The van der Waals surface area contributed by atoms with Crippen LogP contribution in [-0.2, 0) is 16.8 Å². The molecule has 0 saturated heterocycles. The molecule has 0 aliphatic heterocycles. The van der Waals surface area contributed by atoms with E-state index in [2.05, 4.69) is 4.98 Å². The number of rotatable bonds is 4. The molecule has 3 N–H and O–H groups in total. The summed E-state index contributed by atoms with van der Waals surface area (Å²) < 4.78 is 5.03. The van der Waals surface area contributed by atoms with Crippen molar-refractivity contribution in [2.24, 2.45) is 5.73 Å². The molecule has 1 aliphatic carbocycles. The van der Waals surface area contributed by atoms with Crippen molar-refractivity contribution in [2.75, 3.05) is 13.7 Å². The van der Waals surface area contributed by atoms with E-state index in [9.17, 15) is 5.11 Å². The quantitative estimate of drug-likeness (QED) is 0.793. The molecule has 0 radical (unpaired) electrons. The van der Waals surface area contributed by atoms with E-state index in [-0.39, 0.29) is 11.5 Å². The molecule has 1 heterocycles. The van der Waals surface area contributed by atoms with Gasteiger partial charge in [-0.2, -0.15) is 0 Å². The first-order chi connectivity index (χ1) is 7.20. The van der Waals surface area contributed by atoms with Crippen LogP contribution >= 0.6 is 11.3 Å². The zero-order valence-electron chi connectivity index (χ0n) is 8.77. The van der Waals surface area contributed by atoms with E-state index >= 15 is 0 Å². The van der Waals surface area contributed by atoms with Crippen molar-refractivity contribution in [3.05, 3.63) is 16.1 Å². The summed E-state index contributed by atoms with van der Waals surface area (Å²) in [6.45, 7) is 1.11. The minimum absolute atomic E-state index is 0.0814. The number of methoxy groups -OCH3 is 1. The number of aliphatic hydroxyl groups excluding tert-OH is 1. The fourth-order valence-corrected chi connectivity index (χ4v) is 2.95. The second-order valence-corrected chi connectivity index (χ2v) is 5.05. The maximum atomic E-state index is 9.38. The fourth-order valence-electron chi connectivity index (χ4n) is 2.07. The van der Waals surface area contributed by atoms with Gasteiger partial charge in [-0.15, -0.1) is 11.3 Å². The van der Waals surface area contributed by atoms with Crippen molar-refractivity contribution < 1.29 is 9.84 Å². The van der Waals surface area contributed by atoms with Crippen molar-refractivity contribution in [2.45, 2.75) is 31.0 Å². The van der Waals surface area contributed by atoms with Gasteiger partial charge in [0.1, 0.15) is 5.01 Å². The third-order valence-corrected chi connectivity index (χ3v) is 3.83. The van der Waals surface area contributed by atoms with Gasteiger partial charge < -0.3 is 15.6 Å². The molecule has 2 rings (SSSR count). The summed E-state index contributed by atoms with van der Waals surface area (Å²) in [5, 5.41) is 12.4. The molecular formula is C10H16N2O2S. The van der Waals surface area contributed by atoms with E-state index in [0.29, 0.717) is 13.2 Å². The number of hydrogen-bond acceptors (Lipinski definition) is 5. The van der Waals surface area contributed by atoms with Crippen LogP contribution in [0.4, 0.5) is 0 Å². The van der Waals surface area contributed by atoms with Gasteiger partial charge in [-0.1, -0.05) is 0 Å². The second-order valence-electron chi connectivity index (χ2n) is 4.11. The highest BCUT2D eigenvalue weighted by molar-refractivity contribution is 7.09. The lowest BCUT2D eigenvalue weighted by molar-refractivity contribution is 0.0202. The number of aromatic nitrogens is 1. The molecule has 1 aliphatic rings. The predicted octanol–water partition coefficient (Wildman–Crippen LogP) is 0.641. The topological polar surface area (TPSA) is 68.4 Å². The average molecular weight is 228 g/mol. The largest absolute Gasteiger partial charge is 0.393 e. The molecule has 4 nitrogen and oxygen atoms in total. The zero-order chi connectivity index (χ0) is 10.9. The van der Waals surface area contributed by atoms with E-state index in [1.807, 2.05) is 5.38 Å². The Balaban J connectivity index is 2.13. The molecule has 0 amide bonds. The first-order valence-electron chi connectivity index (χ1n) is 5.02. The monoisotopic (exact) mass is 228 g/mol. The van der Waals surface area contributed by atoms with Crippen molar-refractivity contribution in [1.29, 1.82) is 0 Å². The number of nitrogens with two attached hydrogens (primary N) is 1. The number of thiazole rings is 1. The Labute approximate surface area is 93.1 Å². The SMILES string of the molecule is COCc1nc(C2(CN)CC(O)C2)cs1. The van der Waals surface area contributed by atoms with Gasteiger partial charge in [-0.05, 0) is 12.8 Å². The van der Waals surface area contributed by atoms with Gasteiger partial charge in [0.2, 0.25) is 0 Å². The van der Waals surface area contributed by atoms with Crippen molar-refractivity contribution >= 4 is 11.3 Å². The Bertz CT molecular complexity index is 334. The van der Waals surface area contributed by atoms with Gasteiger partial charge in [0.05, 0.1) is 18.4 Å². The molecule has 0 spiro atoms. The lowest BCUT2D eigenvalue weighted by atomic mass is 9.65. The fraction of sp³-hybridized carbons (Fsp3) is 0.700. The molecule has 1 fully saturated rings. The van der Waals surface area contributed by atoms with Gasteiger partial charge >= 0.3 is 0 Å². The summed E-state index contributed by atoms with van der Waals surface area (Å²) in [6, 6.07) is 0. The maximum absolute atomic E-state index is 9.38. The van der Waals surface area contributed by atoms with Crippen LogP contribution in [0.15, 0.2) is 5.38 Å². The molecule has 1 saturated carbocycles. The third-order valence-electron chi connectivity index (χ3n) is 3.01. The Morgan fingerprint density at radius 1 is 1.73 bits per heavy atom.